The van der Waals surface area contributed by atoms with E-state index in [1.807, 2.05) is 18.3 Å². The molecule has 1 aliphatic carbocycles. The molecule has 1 saturated carbocycles. The first-order chi connectivity index (χ1) is 12.8. The number of hydrogen-bond donors (Lipinski definition) is 2. The summed E-state index contributed by atoms with van der Waals surface area (Å²) in [5, 5.41) is 4.47. The molecule has 0 spiro atoms. The maximum absolute atomic E-state index is 12.6. The van der Waals surface area contributed by atoms with Crippen LogP contribution in [0.2, 0.25) is 0 Å². The molecule has 0 bridgehead atoms. The molecule has 1 aromatic carbocycles. The summed E-state index contributed by atoms with van der Waals surface area (Å²) in [5.41, 5.74) is 2.20. The molecule has 0 radical (unpaired) electrons. The Morgan fingerprint density at radius 2 is 1.88 bits per heavy atom. The molecule has 4 heteroatoms. The van der Waals surface area contributed by atoms with Crippen LogP contribution in [0.15, 0.2) is 30.5 Å². The van der Waals surface area contributed by atoms with Gasteiger partial charge in [-0.15, -0.1) is 0 Å². The molecule has 2 fully saturated rings. The summed E-state index contributed by atoms with van der Waals surface area (Å²) in [6.45, 7) is 2.24. The number of para-hydroxylation sites is 1. The number of amides is 1. The number of carbonyl (C=O) groups excluding carboxylic acids is 1. The molecule has 1 aliphatic heterocycles. The molecule has 1 atom stereocenters. The second kappa shape index (κ2) is 8.26. The summed E-state index contributed by atoms with van der Waals surface area (Å²) in [6.07, 6.45) is 13.0. The summed E-state index contributed by atoms with van der Waals surface area (Å²) in [5.74, 6) is 0.155. The topological polar surface area (TPSA) is 48.1 Å². The van der Waals surface area contributed by atoms with Crippen LogP contribution in [-0.4, -0.2) is 41.0 Å². The molecule has 1 unspecified atom stereocenters. The predicted molar refractivity (Wildman–Crippen MR) is 106 cm³/mol. The van der Waals surface area contributed by atoms with E-state index in [-0.39, 0.29) is 5.91 Å². The lowest BCUT2D eigenvalue weighted by Crippen LogP contribution is -2.51. The van der Waals surface area contributed by atoms with E-state index < -0.39 is 0 Å². The lowest BCUT2D eigenvalue weighted by Gasteiger charge is -2.38. The maximum atomic E-state index is 12.6. The van der Waals surface area contributed by atoms with E-state index in [1.54, 1.807) is 0 Å². The first-order valence-electron chi connectivity index (χ1n) is 10.4. The molecule has 4 nitrogen and oxygen atoms in total. The third kappa shape index (κ3) is 4.12. The SMILES string of the molecule is O=C(Cc1c[nH]c2ccccc12)NC1CCCN(C2CCCCCC2)C1. The van der Waals surface area contributed by atoms with E-state index in [9.17, 15) is 4.79 Å². The Labute approximate surface area is 156 Å². The van der Waals surface area contributed by atoms with E-state index in [1.165, 1.54) is 51.5 Å². The molecule has 1 amide bonds. The average Bonchev–Trinajstić information content (AvgIpc) is 2.88. The molecular weight excluding hydrogens is 322 g/mol. The lowest BCUT2D eigenvalue weighted by atomic mass is 9.99. The lowest BCUT2D eigenvalue weighted by molar-refractivity contribution is -0.121. The number of fused-ring (bicyclic) bond motifs is 1. The van der Waals surface area contributed by atoms with Gasteiger partial charge in [-0.1, -0.05) is 43.9 Å². The van der Waals surface area contributed by atoms with Gasteiger partial charge in [-0.05, 0) is 43.9 Å². The normalized spacial score (nSPS) is 23.0. The van der Waals surface area contributed by atoms with Gasteiger partial charge in [-0.2, -0.15) is 0 Å². The maximum Gasteiger partial charge on any atom is 0.224 e. The van der Waals surface area contributed by atoms with Crippen molar-refractivity contribution in [2.24, 2.45) is 0 Å². The van der Waals surface area contributed by atoms with Gasteiger partial charge in [0.2, 0.25) is 5.91 Å². The quantitative estimate of drug-likeness (QED) is 0.816. The number of aromatic nitrogens is 1. The van der Waals surface area contributed by atoms with E-state index in [0.717, 1.165) is 35.5 Å². The van der Waals surface area contributed by atoms with Crippen LogP contribution >= 0.6 is 0 Å². The summed E-state index contributed by atoms with van der Waals surface area (Å²) >= 11 is 0. The molecule has 2 aliphatic rings. The van der Waals surface area contributed by atoms with E-state index in [4.69, 9.17) is 0 Å². The highest BCUT2D eigenvalue weighted by Crippen LogP contribution is 2.25. The summed E-state index contributed by atoms with van der Waals surface area (Å²) in [7, 11) is 0. The molecule has 1 saturated heterocycles. The largest absolute Gasteiger partial charge is 0.361 e. The van der Waals surface area contributed by atoms with Crippen molar-refractivity contribution in [1.29, 1.82) is 0 Å². The first-order valence-corrected chi connectivity index (χ1v) is 10.4. The third-order valence-electron chi connectivity index (χ3n) is 6.18. The number of H-pyrrole nitrogens is 1. The highest BCUT2D eigenvalue weighted by molar-refractivity contribution is 5.88. The molecule has 140 valence electrons. The highest BCUT2D eigenvalue weighted by atomic mass is 16.1. The minimum atomic E-state index is 0.155. The zero-order chi connectivity index (χ0) is 17.8. The van der Waals surface area contributed by atoms with Crippen LogP contribution in [0.25, 0.3) is 10.9 Å². The van der Waals surface area contributed by atoms with Gasteiger partial charge in [-0.3, -0.25) is 9.69 Å². The van der Waals surface area contributed by atoms with Crippen LogP contribution in [0, 0.1) is 0 Å². The Balaban J connectivity index is 1.33. The minimum Gasteiger partial charge on any atom is -0.361 e. The van der Waals surface area contributed by atoms with Crippen LogP contribution in [0.3, 0.4) is 0 Å². The number of piperidine rings is 1. The Morgan fingerprint density at radius 1 is 1.08 bits per heavy atom. The van der Waals surface area contributed by atoms with Crippen molar-refractivity contribution < 1.29 is 4.79 Å². The standard InChI is InChI=1S/C22H31N3O/c26-22(14-17-15-23-21-12-6-5-11-20(17)21)24-18-8-7-13-25(16-18)19-9-3-1-2-4-10-19/h5-6,11-12,15,18-19,23H,1-4,7-10,13-14,16H2,(H,24,26). The number of nitrogens with one attached hydrogen (secondary N) is 2. The molecule has 26 heavy (non-hydrogen) atoms. The van der Waals surface area contributed by atoms with Crippen LogP contribution in [0.5, 0.6) is 0 Å². The van der Waals surface area contributed by atoms with Gasteiger partial charge in [0.25, 0.3) is 0 Å². The summed E-state index contributed by atoms with van der Waals surface area (Å²) in [6, 6.07) is 9.25. The average molecular weight is 354 g/mol. The Morgan fingerprint density at radius 3 is 2.73 bits per heavy atom. The molecule has 4 rings (SSSR count). The molecule has 2 heterocycles. The van der Waals surface area contributed by atoms with E-state index in [2.05, 4.69) is 27.3 Å². The second-order valence-electron chi connectivity index (χ2n) is 8.08. The number of aromatic amines is 1. The van der Waals surface area contributed by atoms with Crippen molar-refractivity contribution in [3.05, 3.63) is 36.0 Å². The van der Waals surface area contributed by atoms with Gasteiger partial charge < -0.3 is 10.3 Å². The first kappa shape index (κ1) is 17.6. The van der Waals surface area contributed by atoms with Crippen molar-refractivity contribution in [3.8, 4) is 0 Å². The van der Waals surface area contributed by atoms with Crippen LogP contribution in [0.4, 0.5) is 0 Å². The van der Waals surface area contributed by atoms with Crippen molar-refractivity contribution in [1.82, 2.24) is 15.2 Å². The van der Waals surface area contributed by atoms with Crippen LogP contribution < -0.4 is 5.32 Å². The fraction of sp³-hybridized carbons (Fsp3) is 0.591. The van der Waals surface area contributed by atoms with Gasteiger partial charge in [-0.25, -0.2) is 0 Å². The fourth-order valence-electron chi connectivity index (χ4n) is 4.81. The summed E-state index contributed by atoms with van der Waals surface area (Å²) in [4.78, 5) is 18.5. The minimum absolute atomic E-state index is 0.155. The third-order valence-corrected chi connectivity index (χ3v) is 6.18. The Hall–Kier alpha value is -1.81. The number of hydrogen-bond acceptors (Lipinski definition) is 2. The van der Waals surface area contributed by atoms with Gasteiger partial charge >= 0.3 is 0 Å². The second-order valence-corrected chi connectivity index (χ2v) is 8.08. The molecular formula is C22H31N3O. The van der Waals surface area contributed by atoms with Gasteiger partial charge in [0.15, 0.2) is 0 Å². The Kier molecular flexibility index (Phi) is 5.59. The van der Waals surface area contributed by atoms with E-state index >= 15 is 0 Å². The Bertz CT molecular complexity index is 730. The van der Waals surface area contributed by atoms with Gasteiger partial charge in [0, 0.05) is 35.7 Å². The van der Waals surface area contributed by atoms with Crippen molar-refractivity contribution in [2.75, 3.05) is 13.1 Å². The monoisotopic (exact) mass is 353 g/mol. The summed E-state index contributed by atoms with van der Waals surface area (Å²) < 4.78 is 0. The number of carbonyl (C=O) groups is 1. The molecule has 1 aromatic heterocycles. The number of likely N-dealkylation sites (tertiary alicyclic amines) is 1. The molecule has 2 N–H and O–H groups in total. The smallest absolute Gasteiger partial charge is 0.224 e. The fourth-order valence-corrected chi connectivity index (χ4v) is 4.81. The highest BCUT2D eigenvalue weighted by Gasteiger charge is 2.27. The van der Waals surface area contributed by atoms with Crippen molar-refractivity contribution >= 4 is 16.8 Å². The zero-order valence-electron chi connectivity index (χ0n) is 15.7. The van der Waals surface area contributed by atoms with Crippen molar-refractivity contribution in [3.63, 3.8) is 0 Å². The van der Waals surface area contributed by atoms with Gasteiger partial charge in [0.1, 0.15) is 0 Å². The number of benzene rings is 1. The number of rotatable bonds is 4. The van der Waals surface area contributed by atoms with E-state index in [0.29, 0.717) is 12.5 Å². The number of nitrogens with zero attached hydrogens (tertiary/aromatic N) is 1. The van der Waals surface area contributed by atoms with Gasteiger partial charge in [0.05, 0.1) is 6.42 Å². The van der Waals surface area contributed by atoms with Crippen LogP contribution in [0.1, 0.15) is 56.9 Å². The van der Waals surface area contributed by atoms with Crippen LogP contribution in [-0.2, 0) is 11.2 Å². The van der Waals surface area contributed by atoms with Crippen molar-refractivity contribution in [2.45, 2.75) is 69.9 Å². The predicted octanol–water partition coefficient (Wildman–Crippen LogP) is 4.01. The zero-order valence-corrected chi connectivity index (χ0v) is 15.7. The molecule has 2 aromatic rings.